The van der Waals surface area contributed by atoms with Gasteiger partial charge in [-0.1, -0.05) is 36.4 Å². The molecule has 1 unspecified atom stereocenters. The average molecular weight is 378 g/mol. The number of nitrogens with one attached hydrogen (secondary N) is 1. The minimum absolute atomic E-state index is 0.144. The third kappa shape index (κ3) is 4.27. The highest BCUT2D eigenvalue weighted by molar-refractivity contribution is 6.03. The van der Waals surface area contributed by atoms with Gasteiger partial charge in [0.25, 0.3) is 11.8 Å². The second-order valence-corrected chi connectivity index (χ2v) is 6.06. The summed E-state index contributed by atoms with van der Waals surface area (Å²) in [5, 5.41) is 2.68. The number of amides is 2. The number of hydrogen-bond donors (Lipinski definition) is 2. The molecule has 3 rings (SSSR count). The monoisotopic (exact) mass is 378 g/mol. The van der Waals surface area contributed by atoms with Crippen molar-refractivity contribution in [1.82, 2.24) is 0 Å². The van der Waals surface area contributed by atoms with Crippen LogP contribution < -0.4 is 11.1 Å². The van der Waals surface area contributed by atoms with Gasteiger partial charge in [0.05, 0.1) is 11.8 Å². The van der Waals surface area contributed by atoms with E-state index in [1.165, 1.54) is 18.4 Å². The maximum atomic E-state index is 12.5. The van der Waals surface area contributed by atoms with Crippen molar-refractivity contribution < 1.29 is 23.5 Å². The minimum atomic E-state index is -1.21. The molecule has 7 nitrogen and oxygen atoms in total. The fraction of sp³-hybridized carbons (Fsp3) is 0.0952. The summed E-state index contributed by atoms with van der Waals surface area (Å²) in [7, 11) is 0. The number of esters is 1. The zero-order valence-corrected chi connectivity index (χ0v) is 15.0. The average Bonchev–Trinajstić information content (AvgIpc) is 3.23. The molecule has 2 amide bonds. The van der Waals surface area contributed by atoms with E-state index in [9.17, 15) is 14.4 Å². The van der Waals surface area contributed by atoms with E-state index in [1.54, 1.807) is 55.5 Å². The molecule has 1 heterocycles. The summed E-state index contributed by atoms with van der Waals surface area (Å²) in [5.74, 6) is -1.82. The fourth-order valence-electron chi connectivity index (χ4n) is 2.57. The van der Waals surface area contributed by atoms with E-state index in [0.717, 1.165) is 5.56 Å². The highest BCUT2D eigenvalue weighted by Gasteiger charge is 2.23. The van der Waals surface area contributed by atoms with Crippen LogP contribution >= 0.6 is 0 Å². The van der Waals surface area contributed by atoms with E-state index in [1.807, 2.05) is 0 Å². The van der Waals surface area contributed by atoms with Gasteiger partial charge in [-0.15, -0.1) is 0 Å². The number of anilines is 1. The summed E-state index contributed by atoms with van der Waals surface area (Å²) in [6.45, 7) is 1.78. The first kappa shape index (κ1) is 18.9. The molecule has 142 valence electrons. The van der Waals surface area contributed by atoms with Crippen LogP contribution in [0.3, 0.4) is 0 Å². The number of carbonyl (C=O) groups excluding carboxylic acids is 3. The van der Waals surface area contributed by atoms with Gasteiger partial charge in [0.15, 0.2) is 5.76 Å². The molecule has 3 aromatic rings. The van der Waals surface area contributed by atoms with Gasteiger partial charge < -0.3 is 20.2 Å². The Hall–Kier alpha value is -3.87. The molecule has 0 fully saturated rings. The minimum Gasteiger partial charge on any atom is -0.459 e. The Labute approximate surface area is 161 Å². The van der Waals surface area contributed by atoms with E-state index < -0.39 is 23.9 Å². The van der Waals surface area contributed by atoms with Gasteiger partial charge in [-0.25, -0.2) is 4.79 Å². The predicted octanol–water partition coefficient (Wildman–Crippen LogP) is 3.22. The Morgan fingerprint density at radius 3 is 2.43 bits per heavy atom. The molecular weight excluding hydrogens is 360 g/mol. The zero-order valence-electron chi connectivity index (χ0n) is 15.0. The van der Waals surface area contributed by atoms with E-state index in [-0.39, 0.29) is 11.3 Å². The topological polar surface area (TPSA) is 112 Å². The Balaban J connectivity index is 1.80. The molecule has 1 atom stereocenters. The molecule has 1 aromatic heterocycles. The van der Waals surface area contributed by atoms with Crippen LogP contribution in [0.25, 0.3) is 0 Å². The van der Waals surface area contributed by atoms with Crippen molar-refractivity contribution in [3.8, 4) is 0 Å². The summed E-state index contributed by atoms with van der Waals surface area (Å²) >= 11 is 0. The van der Waals surface area contributed by atoms with Crippen molar-refractivity contribution in [1.29, 1.82) is 0 Å². The highest BCUT2D eigenvalue weighted by atomic mass is 16.5. The normalized spacial score (nSPS) is 11.5. The van der Waals surface area contributed by atoms with E-state index in [2.05, 4.69) is 5.32 Å². The summed E-state index contributed by atoms with van der Waals surface area (Å²) in [5.41, 5.74) is 7.19. The predicted molar refractivity (Wildman–Crippen MR) is 102 cm³/mol. The van der Waals surface area contributed by atoms with Crippen LogP contribution in [0.4, 0.5) is 5.69 Å². The quantitative estimate of drug-likeness (QED) is 0.640. The number of primary amides is 1. The molecule has 7 heteroatoms. The zero-order chi connectivity index (χ0) is 20.1. The number of rotatable bonds is 6. The van der Waals surface area contributed by atoms with E-state index >= 15 is 0 Å². The third-order valence-corrected chi connectivity index (χ3v) is 4.05. The maximum absolute atomic E-state index is 12.5. The van der Waals surface area contributed by atoms with Crippen LogP contribution in [0, 0.1) is 6.92 Å². The van der Waals surface area contributed by atoms with Crippen LogP contribution in [0.1, 0.15) is 38.1 Å². The van der Waals surface area contributed by atoms with Gasteiger partial charge in [0, 0.05) is 11.3 Å². The van der Waals surface area contributed by atoms with Crippen LogP contribution in [0.5, 0.6) is 0 Å². The number of hydrogen-bond acceptors (Lipinski definition) is 5. The molecule has 28 heavy (non-hydrogen) atoms. The van der Waals surface area contributed by atoms with E-state index in [0.29, 0.717) is 11.3 Å². The van der Waals surface area contributed by atoms with Crippen LogP contribution in [-0.2, 0) is 9.53 Å². The number of nitrogens with two attached hydrogens (primary N) is 1. The molecule has 0 aliphatic rings. The first-order chi connectivity index (χ1) is 13.5. The summed E-state index contributed by atoms with van der Waals surface area (Å²) in [6, 6.07) is 16.3. The smallest absolute Gasteiger partial charge is 0.339 e. The van der Waals surface area contributed by atoms with Gasteiger partial charge in [0.1, 0.15) is 0 Å². The second kappa shape index (κ2) is 8.22. The van der Waals surface area contributed by atoms with Crippen LogP contribution in [-0.4, -0.2) is 17.8 Å². The molecule has 0 saturated carbocycles. The molecule has 2 aromatic carbocycles. The number of aryl methyl sites for hydroxylation is 1. The molecule has 3 N–H and O–H groups in total. The third-order valence-electron chi connectivity index (χ3n) is 4.05. The maximum Gasteiger partial charge on any atom is 0.339 e. The van der Waals surface area contributed by atoms with Crippen molar-refractivity contribution in [3.63, 3.8) is 0 Å². The van der Waals surface area contributed by atoms with Gasteiger partial charge in [-0.3, -0.25) is 9.59 Å². The molecule has 0 aliphatic carbocycles. The number of carbonyl (C=O) groups is 3. The van der Waals surface area contributed by atoms with Gasteiger partial charge in [0.2, 0.25) is 6.10 Å². The van der Waals surface area contributed by atoms with Crippen LogP contribution in [0.15, 0.2) is 71.3 Å². The Bertz CT molecular complexity index is 997. The SMILES string of the molecule is Cc1ccc(C(=O)OC(C(N)=O)c2ccccc2)cc1NC(=O)c1ccco1. The lowest BCUT2D eigenvalue weighted by molar-refractivity contribution is -0.127. The lowest BCUT2D eigenvalue weighted by atomic mass is 10.1. The summed E-state index contributed by atoms with van der Waals surface area (Å²) < 4.78 is 10.4. The molecule has 0 spiro atoms. The van der Waals surface area contributed by atoms with Crippen molar-refractivity contribution in [2.45, 2.75) is 13.0 Å². The first-order valence-electron chi connectivity index (χ1n) is 8.46. The number of furan rings is 1. The van der Waals surface area contributed by atoms with Crippen molar-refractivity contribution in [2.24, 2.45) is 5.73 Å². The van der Waals surface area contributed by atoms with Crippen LogP contribution in [0.2, 0.25) is 0 Å². The van der Waals surface area contributed by atoms with E-state index in [4.69, 9.17) is 14.9 Å². The summed E-state index contributed by atoms with van der Waals surface area (Å²) in [6.07, 6.45) is 0.180. The molecule has 0 bridgehead atoms. The van der Waals surface area contributed by atoms with Crippen molar-refractivity contribution in [2.75, 3.05) is 5.32 Å². The second-order valence-electron chi connectivity index (χ2n) is 6.06. The lowest BCUT2D eigenvalue weighted by Crippen LogP contribution is -2.26. The molecule has 0 saturated heterocycles. The largest absolute Gasteiger partial charge is 0.459 e. The molecular formula is C21H18N2O5. The van der Waals surface area contributed by atoms with Gasteiger partial charge >= 0.3 is 5.97 Å². The van der Waals surface area contributed by atoms with Gasteiger partial charge in [-0.2, -0.15) is 0 Å². The van der Waals surface area contributed by atoms with Crippen molar-refractivity contribution in [3.05, 3.63) is 89.4 Å². The Kier molecular flexibility index (Phi) is 5.55. The van der Waals surface area contributed by atoms with Crippen molar-refractivity contribution >= 4 is 23.5 Å². The molecule has 0 aliphatic heterocycles. The Morgan fingerprint density at radius 2 is 1.79 bits per heavy atom. The van der Waals surface area contributed by atoms with Gasteiger partial charge in [-0.05, 0) is 36.8 Å². The molecule has 0 radical (unpaired) electrons. The first-order valence-corrected chi connectivity index (χ1v) is 8.46. The standard InChI is InChI=1S/C21H18N2O5/c1-13-9-10-15(12-16(13)23-20(25)17-8-5-11-27-17)21(26)28-18(19(22)24)14-6-3-2-4-7-14/h2-12,18H,1H3,(H2,22,24)(H,23,25). The highest BCUT2D eigenvalue weighted by Crippen LogP contribution is 2.22. The number of benzene rings is 2. The lowest BCUT2D eigenvalue weighted by Gasteiger charge is -2.16. The Morgan fingerprint density at radius 1 is 1.04 bits per heavy atom. The fourth-order valence-corrected chi connectivity index (χ4v) is 2.57. The summed E-state index contributed by atoms with van der Waals surface area (Å²) in [4.78, 5) is 36.5. The number of ether oxygens (including phenoxy) is 1.